The van der Waals surface area contributed by atoms with Gasteiger partial charge in [-0.25, -0.2) is 14.5 Å². The van der Waals surface area contributed by atoms with Gasteiger partial charge in [0.2, 0.25) is 0 Å². The molecule has 1 aromatic heterocycles. The maximum absolute atomic E-state index is 12.9. The number of hydrogen-bond donors (Lipinski definition) is 0. The number of nitrogens with zero attached hydrogens (tertiary/aromatic N) is 3. The zero-order valence-corrected chi connectivity index (χ0v) is 21.6. The fourth-order valence-corrected chi connectivity index (χ4v) is 4.11. The van der Waals surface area contributed by atoms with E-state index in [1.807, 2.05) is 86.6 Å². The highest BCUT2D eigenvalue weighted by atomic mass is 35.5. The minimum absolute atomic E-state index is 0.139. The first kappa shape index (κ1) is 25.1. The molecule has 0 N–H and O–H groups in total. The first-order valence-electron chi connectivity index (χ1n) is 12.1. The standard InChI is InChI=1S/C31H24ClN3O3/c1-20-8-17-27(18-21(20)2)35-30(25-13-15-26(32)16-14-25)33-29(34-35)31(37)38-19-28(36)24-11-9-23(10-12-24)22-6-4-3-5-7-22/h3-18H,19H2,1-2H3. The van der Waals surface area contributed by atoms with Crippen LogP contribution in [0, 0.1) is 13.8 Å². The van der Waals surface area contributed by atoms with Gasteiger partial charge in [-0.15, -0.1) is 5.10 Å². The second-order valence-corrected chi connectivity index (χ2v) is 9.33. The third-order valence-electron chi connectivity index (χ3n) is 6.28. The van der Waals surface area contributed by atoms with Gasteiger partial charge in [0.25, 0.3) is 5.82 Å². The van der Waals surface area contributed by atoms with Crippen LogP contribution >= 0.6 is 11.6 Å². The van der Waals surface area contributed by atoms with Gasteiger partial charge >= 0.3 is 5.97 Å². The van der Waals surface area contributed by atoms with Gasteiger partial charge in [0, 0.05) is 16.1 Å². The van der Waals surface area contributed by atoms with Gasteiger partial charge in [0.1, 0.15) is 0 Å². The molecule has 0 saturated carbocycles. The minimum atomic E-state index is -0.781. The summed E-state index contributed by atoms with van der Waals surface area (Å²) in [6.45, 7) is 3.61. The lowest BCUT2D eigenvalue weighted by Gasteiger charge is -2.08. The smallest absolute Gasteiger partial charge is 0.378 e. The number of aromatic nitrogens is 3. The minimum Gasteiger partial charge on any atom is -0.451 e. The highest BCUT2D eigenvalue weighted by Gasteiger charge is 2.21. The van der Waals surface area contributed by atoms with Crippen LogP contribution < -0.4 is 0 Å². The molecule has 7 heteroatoms. The van der Waals surface area contributed by atoms with Crippen LogP contribution in [0.3, 0.4) is 0 Å². The number of esters is 1. The van der Waals surface area contributed by atoms with E-state index in [1.165, 1.54) is 0 Å². The van der Waals surface area contributed by atoms with Crippen molar-refractivity contribution in [3.05, 3.63) is 125 Å². The van der Waals surface area contributed by atoms with E-state index >= 15 is 0 Å². The normalized spacial score (nSPS) is 10.8. The van der Waals surface area contributed by atoms with Crippen LogP contribution in [-0.2, 0) is 4.74 Å². The average molecular weight is 522 g/mol. The molecule has 4 aromatic carbocycles. The van der Waals surface area contributed by atoms with E-state index in [0.29, 0.717) is 16.4 Å². The van der Waals surface area contributed by atoms with E-state index in [1.54, 1.807) is 28.9 Å². The molecular weight excluding hydrogens is 498 g/mol. The second-order valence-electron chi connectivity index (χ2n) is 8.89. The Morgan fingerprint density at radius 3 is 2.13 bits per heavy atom. The fraction of sp³-hybridized carbons (Fsp3) is 0.0968. The summed E-state index contributed by atoms with van der Waals surface area (Å²) in [5.74, 6) is -0.776. The number of benzene rings is 4. The van der Waals surface area contributed by atoms with Crippen molar-refractivity contribution >= 4 is 23.4 Å². The van der Waals surface area contributed by atoms with Gasteiger partial charge in [-0.1, -0.05) is 72.3 Å². The predicted molar refractivity (Wildman–Crippen MR) is 148 cm³/mol. The van der Waals surface area contributed by atoms with E-state index in [9.17, 15) is 9.59 Å². The van der Waals surface area contributed by atoms with Crippen LogP contribution in [0.4, 0.5) is 0 Å². The van der Waals surface area contributed by atoms with Crippen LogP contribution in [0.2, 0.25) is 5.02 Å². The molecule has 0 aliphatic rings. The summed E-state index contributed by atoms with van der Waals surface area (Å²) >= 11 is 6.06. The Morgan fingerprint density at radius 2 is 1.45 bits per heavy atom. The molecule has 0 amide bonds. The molecule has 0 atom stereocenters. The molecule has 5 aromatic rings. The monoisotopic (exact) mass is 521 g/mol. The summed E-state index contributed by atoms with van der Waals surface area (Å²) in [6, 6.07) is 30.0. The largest absolute Gasteiger partial charge is 0.451 e. The molecule has 0 aliphatic carbocycles. The Hall–Kier alpha value is -4.55. The van der Waals surface area contributed by atoms with Crippen molar-refractivity contribution < 1.29 is 14.3 Å². The van der Waals surface area contributed by atoms with Gasteiger partial charge < -0.3 is 4.74 Å². The van der Waals surface area contributed by atoms with E-state index < -0.39 is 12.6 Å². The summed E-state index contributed by atoms with van der Waals surface area (Å²) in [7, 11) is 0. The predicted octanol–water partition coefficient (Wildman–Crippen LogP) is 6.91. The zero-order chi connectivity index (χ0) is 26.6. The molecule has 0 saturated heterocycles. The van der Waals surface area contributed by atoms with Crippen molar-refractivity contribution in [2.75, 3.05) is 6.61 Å². The van der Waals surface area contributed by atoms with Crippen molar-refractivity contribution in [3.8, 4) is 28.2 Å². The number of aryl methyl sites for hydroxylation is 2. The molecule has 5 rings (SSSR count). The number of carbonyl (C=O) groups excluding carboxylic acids is 2. The first-order chi connectivity index (χ1) is 18.4. The number of rotatable bonds is 7. The molecule has 0 aliphatic heterocycles. The number of ketones is 1. The van der Waals surface area contributed by atoms with Crippen molar-refractivity contribution in [3.63, 3.8) is 0 Å². The molecule has 38 heavy (non-hydrogen) atoms. The second kappa shape index (κ2) is 10.8. The number of carbonyl (C=O) groups is 2. The number of Topliss-reactive ketones (excluding diaryl/α,β-unsaturated/α-hetero) is 1. The topological polar surface area (TPSA) is 74.1 Å². The van der Waals surface area contributed by atoms with E-state index in [0.717, 1.165) is 33.5 Å². The Bertz CT molecular complexity index is 1610. The van der Waals surface area contributed by atoms with Crippen molar-refractivity contribution in [2.45, 2.75) is 13.8 Å². The summed E-state index contributed by atoms with van der Waals surface area (Å²) in [6.07, 6.45) is 0. The molecule has 0 fully saturated rings. The quantitative estimate of drug-likeness (QED) is 0.172. The Labute approximate surface area is 225 Å². The van der Waals surface area contributed by atoms with Crippen LogP contribution in [0.25, 0.3) is 28.2 Å². The van der Waals surface area contributed by atoms with E-state index in [-0.39, 0.29) is 11.6 Å². The van der Waals surface area contributed by atoms with Gasteiger partial charge in [-0.2, -0.15) is 0 Å². The molecule has 0 unspecified atom stereocenters. The summed E-state index contributed by atoms with van der Waals surface area (Å²) in [4.78, 5) is 30.1. The lowest BCUT2D eigenvalue weighted by atomic mass is 10.0. The first-order valence-corrected chi connectivity index (χ1v) is 12.4. The van der Waals surface area contributed by atoms with Crippen LogP contribution in [0.1, 0.15) is 32.1 Å². The highest BCUT2D eigenvalue weighted by Crippen LogP contribution is 2.25. The Balaban J connectivity index is 1.35. The zero-order valence-electron chi connectivity index (χ0n) is 20.9. The van der Waals surface area contributed by atoms with Crippen molar-refractivity contribution in [1.29, 1.82) is 0 Å². The third kappa shape index (κ3) is 5.41. The van der Waals surface area contributed by atoms with Gasteiger partial charge in [-0.05, 0) is 72.5 Å². The Kier molecular flexibility index (Phi) is 7.15. The van der Waals surface area contributed by atoms with Gasteiger partial charge in [-0.3, -0.25) is 4.79 Å². The third-order valence-corrected chi connectivity index (χ3v) is 6.53. The van der Waals surface area contributed by atoms with E-state index in [2.05, 4.69) is 10.1 Å². The number of halogens is 1. The summed E-state index contributed by atoms with van der Waals surface area (Å²) in [5, 5.41) is 5.02. The maximum atomic E-state index is 12.9. The maximum Gasteiger partial charge on any atom is 0.378 e. The molecule has 0 spiro atoms. The molecule has 1 heterocycles. The van der Waals surface area contributed by atoms with Crippen LogP contribution in [0.15, 0.2) is 97.1 Å². The van der Waals surface area contributed by atoms with Crippen LogP contribution in [-0.4, -0.2) is 33.1 Å². The number of ether oxygens (including phenoxy) is 1. The molecular formula is C31H24ClN3O3. The molecule has 188 valence electrons. The molecule has 0 radical (unpaired) electrons. The molecule has 6 nitrogen and oxygen atoms in total. The highest BCUT2D eigenvalue weighted by molar-refractivity contribution is 6.30. The fourth-order valence-electron chi connectivity index (χ4n) is 3.98. The van der Waals surface area contributed by atoms with Crippen molar-refractivity contribution in [2.24, 2.45) is 0 Å². The SMILES string of the molecule is Cc1ccc(-n2nc(C(=O)OCC(=O)c3ccc(-c4ccccc4)cc3)nc2-c2ccc(Cl)cc2)cc1C. The lowest BCUT2D eigenvalue weighted by molar-refractivity contribution is 0.0462. The van der Waals surface area contributed by atoms with Crippen molar-refractivity contribution in [1.82, 2.24) is 14.8 Å². The molecule has 0 bridgehead atoms. The van der Waals surface area contributed by atoms with Gasteiger partial charge in [0.05, 0.1) is 5.69 Å². The van der Waals surface area contributed by atoms with E-state index in [4.69, 9.17) is 16.3 Å². The summed E-state index contributed by atoms with van der Waals surface area (Å²) < 4.78 is 6.91. The van der Waals surface area contributed by atoms with Crippen LogP contribution in [0.5, 0.6) is 0 Å². The number of hydrogen-bond acceptors (Lipinski definition) is 5. The lowest BCUT2D eigenvalue weighted by Crippen LogP contribution is -2.15. The summed E-state index contributed by atoms with van der Waals surface area (Å²) in [5.41, 5.74) is 6.20. The Morgan fingerprint density at radius 1 is 0.789 bits per heavy atom. The van der Waals surface area contributed by atoms with Gasteiger partial charge in [0.15, 0.2) is 18.2 Å². The average Bonchev–Trinajstić information content (AvgIpc) is 3.40.